The molecule has 0 aliphatic carbocycles. The van der Waals surface area contributed by atoms with E-state index in [2.05, 4.69) is 17.1 Å². The van der Waals surface area contributed by atoms with Crippen LogP contribution >= 0.6 is 11.3 Å². The number of carbonyl (C=O) groups excluding carboxylic acids is 1. The average Bonchev–Trinajstić information content (AvgIpc) is 3.17. The van der Waals surface area contributed by atoms with Crippen LogP contribution in [0, 0.1) is 24.0 Å². The summed E-state index contributed by atoms with van der Waals surface area (Å²) in [6.07, 6.45) is 1.80. The molecule has 0 unspecified atom stereocenters. The van der Waals surface area contributed by atoms with Crippen molar-refractivity contribution >= 4 is 38.3 Å². The van der Waals surface area contributed by atoms with Crippen LogP contribution in [-0.2, 0) is 17.8 Å². The first-order valence-electron chi connectivity index (χ1n) is 9.72. The quantitative estimate of drug-likeness (QED) is 0.316. The van der Waals surface area contributed by atoms with E-state index in [1.54, 1.807) is 23.2 Å². The number of thiazole rings is 1. The van der Waals surface area contributed by atoms with Gasteiger partial charge in [0.05, 0.1) is 33.8 Å². The Bertz CT molecular complexity index is 1250. The molecule has 0 saturated heterocycles. The smallest absolute Gasteiger partial charge is 0.269 e. The van der Waals surface area contributed by atoms with E-state index in [1.165, 1.54) is 23.5 Å². The summed E-state index contributed by atoms with van der Waals surface area (Å²) in [5.41, 5.74) is 4.56. The van der Waals surface area contributed by atoms with Crippen LogP contribution in [0.25, 0.3) is 10.2 Å². The highest BCUT2D eigenvalue weighted by molar-refractivity contribution is 7.22. The number of benzene rings is 2. The second kappa shape index (κ2) is 8.61. The third kappa shape index (κ3) is 4.59. The lowest BCUT2D eigenvalue weighted by molar-refractivity contribution is -0.384. The standard InChI is InChI=1S/C23H20N4O3S/c1-15-11-16(2)22-20(12-15)31-23(25-22)26(14-18-5-3-4-10-24-18)21(28)13-17-6-8-19(9-7-17)27(29)30/h3-12H,13-14H2,1-2H3. The molecule has 0 radical (unpaired) electrons. The summed E-state index contributed by atoms with van der Waals surface area (Å²) < 4.78 is 1.03. The van der Waals surface area contributed by atoms with Gasteiger partial charge in [-0.2, -0.15) is 0 Å². The molecule has 7 nitrogen and oxygen atoms in total. The predicted octanol–water partition coefficient (Wildman–Crippen LogP) is 4.99. The number of hydrogen-bond acceptors (Lipinski definition) is 6. The molecule has 8 heteroatoms. The molecular formula is C23H20N4O3S. The van der Waals surface area contributed by atoms with Crippen molar-refractivity contribution in [2.45, 2.75) is 26.8 Å². The van der Waals surface area contributed by atoms with Crippen molar-refractivity contribution in [1.29, 1.82) is 0 Å². The Balaban J connectivity index is 1.67. The van der Waals surface area contributed by atoms with Gasteiger partial charge in [0.25, 0.3) is 5.69 Å². The molecule has 0 spiro atoms. The molecule has 4 aromatic rings. The fraction of sp³-hybridized carbons (Fsp3) is 0.174. The van der Waals surface area contributed by atoms with Crippen molar-refractivity contribution in [2.75, 3.05) is 4.90 Å². The van der Waals surface area contributed by atoms with Gasteiger partial charge < -0.3 is 0 Å². The van der Waals surface area contributed by atoms with E-state index < -0.39 is 4.92 Å². The lowest BCUT2D eigenvalue weighted by Gasteiger charge is -2.19. The number of rotatable bonds is 6. The summed E-state index contributed by atoms with van der Waals surface area (Å²) in [5, 5.41) is 11.5. The zero-order chi connectivity index (χ0) is 22.0. The molecule has 0 fully saturated rings. The minimum Gasteiger partial charge on any atom is -0.282 e. The topological polar surface area (TPSA) is 89.2 Å². The van der Waals surface area contributed by atoms with E-state index in [-0.39, 0.29) is 18.0 Å². The van der Waals surface area contributed by atoms with Crippen LogP contribution < -0.4 is 4.90 Å². The molecule has 0 aliphatic heterocycles. The molecule has 2 aromatic carbocycles. The summed E-state index contributed by atoms with van der Waals surface area (Å²) >= 11 is 1.48. The summed E-state index contributed by atoms with van der Waals surface area (Å²) in [4.78, 5) is 34.5. The predicted molar refractivity (Wildman–Crippen MR) is 121 cm³/mol. The Morgan fingerprint density at radius 2 is 1.90 bits per heavy atom. The molecule has 4 rings (SSSR count). The largest absolute Gasteiger partial charge is 0.282 e. The van der Waals surface area contributed by atoms with Gasteiger partial charge in [0.2, 0.25) is 5.91 Å². The van der Waals surface area contributed by atoms with E-state index in [9.17, 15) is 14.9 Å². The van der Waals surface area contributed by atoms with Crippen molar-refractivity contribution in [3.8, 4) is 0 Å². The average molecular weight is 433 g/mol. The van der Waals surface area contributed by atoms with E-state index in [4.69, 9.17) is 4.98 Å². The number of carbonyl (C=O) groups is 1. The number of nitrogens with zero attached hydrogens (tertiary/aromatic N) is 4. The van der Waals surface area contributed by atoms with E-state index in [0.29, 0.717) is 17.2 Å². The van der Waals surface area contributed by atoms with Crippen LogP contribution in [0.5, 0.6) is 0 Å². The van der Waals surface area contributed by atoms with Gasteiger partial charge in [0, 0.05) is 18.3 Å². The van der Waals surface area contributed by atoms with Gasteiger partial charge in [-0.3, -0.25) is 24.8 Å². The van der Waals surface area contributed by atoms with Gasteiger partial charge in [-0.1, -0.05) is 35.6 Å². The maximum absolute atomic E-state index is 13.3. The summed E-state index contributed by atoms with van der Waals surface area (Å²) in [7, 11) is 0. The fourth-order valence-corrected chi connectivity index (χ4v) is 4.55. The van der Waals surface area contributed by atoms with E-state index in [1.807, 2.05) is 32.0 Å². The Labute approximate surface area is 183 Å². The number of non-ortho nitro benzene ring substituents is 1. The third-order valence-electron chi connectivity index (χ3n) is 4.90. The van der Waals surface area contributed by atoms with Gasteiger partial charge in [-0.05, 0) is 48.7 Å². The molecule has 1 amide bonds. The number of hydrogen-bond donors (Lipinski definition) is 0. The second-order valence-corrected chi connectivity index (χ2v) is 8.34. The van der Waals surface area contributed by atoms with Gasteiger partial charge >= 0.3 is 0 Å². The van der Waals surface area contributed by atoms with Crippen LogP contribution in [0.3, 0.4) is 0 Å². The molecule has 0 bridgehead atoms. The van der Waals surface area contributed by atoms with Crippen molar-refractivity contribution in [1.82, 2.24) is 9.97 Å². The number of nitro groups is 1. The van der Waals surface area contributed by atoms with Crippen LogP contribution in [0.1, 0.15) is 22.4 Å². The van der Waals surface area contributed by atoms with Gasteiger partial charge in [0.1, 0.15) is 0 Å². The van der Waals surface area contributed by atoms with Crippen LogP contribution in [-0.4, -0.2) is 20.8 Å². The van der Waals surface area contributed by atoms with Crippen molar-refractivity contribution < 1.29 is 9.72 Å². The van der Waals surface area contributed by atoms with Crippen LogP contribution in [0.15, 0.2) is 60.8 Å². The molecule has 2 heterocycles. The van der Waals surface area contributed by atoms with Gasteiger partial charge in [-0.15, -0.1) is 0 Å². The zero-order valence-electron chi connectivity index (χ0n) is 17.1. The Kier molecular flexibility index (Phi) is 5.73. The molecule has 2 aromatic heterocycles. The molecule has 0 aliphatic rings. The molecule has 0 atom stereocenters. The maximum Gasteiger partial charge on any atom is 0.269 e. The molecular weight excluding hydrogens is 412 g/mol. The van der Waals surface area contributed by atoms with E-state index in [0.717, 1.165) is 27.0 Å². The number of aryl methyl sites for hydroxylation is 2. The maximum atomic E-state index is 13.3. The highest BCUT2D eigenvalue weighted by Crippen LogP contribution is 2.32. The number of nitro benzene ring substituents is 1. The minimum atomic E-state index is -0.454. The lowest BCUT2D eigenvalue weighted by Crippen LogP contribution is -2.32. The third-order valence-corrected chi connectivity index (χ3v) is 5.92. The molecule has 31 heavy (non-hydrogen) atoms. The number of aromatic nitrogens is 2. The fourth-order valence-electron chi connectivity index (χ4n) is 3.40. The minimum absolute atomic E-state index is 0.00133. The zero-order valence-corrected chi connectivity index (χ0v) is 17.9. The normalized spacial score (nSPS) is 10.9. The Morgan fingerprint density at radius 1 is 1.13 bits per heavy atom. The van der Waals surface area contributed by atoms with Crippen molar-refractivity contribution in [3.05, 3.63) is 93.3 Å². The number of anilines is 1. The highest BCUT2D eigenvalue weighted by atomic mass is 32.1. The van der Waals surface area contributed by atoms with Crippen molar-refractivity contribution in [2.24, 2.45) is 0 Å². The monoisotopic (exact) mass is 432 g/mol. The van der Waals surface area contributed by atoms with Gasteiger partial charge in [-0.25, -0.2) is 4.98 Å². The van der Waals surface area contributed by atoms with Crippen molar-refractivity contribution in [3.63, 3.8) is 0 Å². The second-order valence-electron chi connectivity index (χ2n) is 7.33. The molecule has 156 valence electrons. The summed E-state index contributed by atoms with van der Waals surface area (Å²) in [5.74, 6) is -0.145. The number of pyridine rings is 1. The van der Waals surface area contributed by atoms with E-state index >= 15 is 0 Å². The Hall–Kier alpha value is -3.65. The molecule has 0 saturated carbocycles. The lowest BCUT2D eigenvalue weighted by atomic mass is 10.1. The summed E-state index contributed by atoms with van der Waals surface area (Å²) in [6.45, 7) is 4.35. The Morgan fingerprint density at radius 3 is 2.58 bits per heavy atom. The van der Waals surface area contributed by atoms with Crippen LogP contribution in [0.4, 0.5) is 10.8 Å². The van der Waals surface area contributed by atoms with Crippen LogP contribution in [0.2, 0.25) is 0 Å². The first-order chi connectivity index (χ1) is 14.9. The first-order valence-corrected chi connectivity index (χ1v) is 10.5. The SMILES string of the molecule is Cc1cc(C)c2nc(N(Cc3ccccn3)C(=O)Cc3ccc([N+](=O)[O-])cc3)sc2c1. The number of amides is 1. The summed E-state index contributed by atoms with van der Waals surface area (Å²) in [6, 6.07) is 15.8. The molecule has 0 N–H and O–H groups in total. The first kappa shape index (κ1) is 20.6. The highest BCUT2D eigenvalue weighted by Gasteiger charge is 2.22. The number of fused-ring (bicyclic) bond motifs is 1. The van der Waals surface area contributed by atoms with Gasteiger partial charge in [0.15, 0.2) is 5.13 Å².